The summed E-state index contributed by atoms with van der Waals surface area (Å²) in [5.74, 6) is 1.18. The summed E-state index contributed by atoms with van der Waals surface area (Å²) in [6, 6.07) is 14.6. The van der Waals surface area contributed by atoms with Crippen molar-refractivity contribution in [3.8, 4) is 11.5 Å². The SMILES string of the molecule is COc1ccccc1C(O)(CN)c1ccccc1OC. The van der Waals surface area contributed by atoms with Crippen molar-refractivity contribution < 1.29 is 14.6 Å². The molecule has 0 saturated heterocycles. The van der Waals surface area contributed by atoms with E-state index < -0.39 is 5.60 Å². The van der Waals surface area contributed by atoms with Crippen LogP contribution < -0.4 is 15.2 Å². The Morgan fingerprint density at radius 1 is 0.900 bits per heavy atom. The van der Waals surface area contributed by atoms with E-state index in [0.717, 1.165) is 0 Å². The van der Waals surface area contributed by atoms with Gasteiger partial charge in [-0.3, -0.25) is 0 Å². The van der Waals surface area contributed by atoms with E-state index in [2.05, 4.69) is 0 Å². The second kappa shape index (κ2) is 5.94. The Kier molecular flexibility index (Phi) is 4.27. The molecule has 0 amide bonds. The van der Waals surface area contributed by atoms with E-state index in [9.17, 15) is 5.11 Å². The number of benzene rings is 2. The molecule has 106 valence electrons. The average molecular weight is 273 g/mol. The molecule has 20 heavy (non-hydrogen) atoms. The van der Waals surface area contributed by atoms with Crippen LogP contribution in [0, 0.1) is 0 Å². The molecular formula is C16H19NO3. The summed E-state index contributed by atoms with van der Waals surface area (Å²) in [7, 11) is 3.13. The molecule has 2 rings (SSSR count). The van der Waals surface area contributed by atoms with Gasteiger partial charge in [0.1, 0.15) is 17.1 Å². The predicted molar refractivity (Wildman–Crippen MR) is 78.0 cm³/mol. The van der Waals surface area contributed by atoms with Gasteiger partial charge in [-0.1, -0.05) is 36.4 Å². The maximum atomic E-state index is 11.1. The molecule has 0 aromatic heterocycles. The molecule has 2 aromatic carbocycles. The van der Waals surface area contributed by atoms with Gasteiger partial charge in [0.2, 0.25) is 0 Å². The van der Waals surface area contributed by atoms with Gasteiger partial charge in [0.05, 0.1) is 14.2 Å². The fourth-order valence-corrected chi connectivity index (χ4v) is 2.34. The first kappa shape index (κ1) is 14.4. The monoisotopic (exact) mass is 273 g/mol. The normalized spacial score (nSPS) is 11.2. The first-order valence-electron chi connectivity index (χ1n) is 6.36. The molecule has 0 aliphatic heterocycles. The molecule has 2 aromatic rings. The number of hydrogen-bond donors (Lipinski definition) is 2. The number of para-hydroxylation sites is 2. The highest BCUT2D eigenvalue weighted by Crippen LogP contribution is 2.38. The van der Waals surface area contributed by atoms with Crippen molar-refractivity contribution in [2.75, 3.05) is 20.8 Å². The van der Waals surface area contributed by atoms with Crippen molar-refractivity contribution >= 4 is 0 Å². The molecule has 0 unspecified atom stereocenters. The summed E-state index contributed by atoms with van der Waals surface area (Å²) in [4.78, 5) is 0. The van der Waals surface area contributed by atoms with Crippen LogP contribution in [0.4, 0.5) is 0 Å². The molecule has 0 bridgehead atoms. The molecule has 0 radical (unpaired) electrons. The summed E-state index contributed by atoms with van der Waals surface area (Å²) in [6.07, 6.45) is 0. The zero-order valence-corrected chi connectivity index (χ0v) is 11.7. The van der Waals surface area contributed by atoms with Crippen LogP contribution >= 0.6 is 0 Å². The van der Waals surface area contributed by atoms with Gasteiger partial charge >= 0.3 is 0 Å². The zero-order chi connectivity index (χ0) is 14.6. The Balaban J connectivity index is 2.64. The molecule has 0 aliphatic carbocycles. The number of methoxy groups -OCH3 is 2. The maximum absolute atomic E-state index is 11.1. The second-order valence-electron chi connectivity index (χ2n) is 4.46. The quantitative estimate of drug-likeness (QED) is 0.873. The minimum atomic E-state index is -1.36. The van der Waals surface area contributed by atoms with Gasteiger partial charge in [-0.15, -0.1) is 0 Å². The summed E-state index contributed by atoms with van der Waals surface area (Å²) in [5, 5.41) is 11.1. The molecule has 4 nitrogen and oxygen atoms in total. The number of rotatable bonds is 5. The lowest BCUT2D eigenvalue weighted by Crippen LogP contribution is -2.36. The van der Waals surface area contributed by atoms with Crippen LogP contribution in [-0.4, -0.2) is 25.9 Å². The highest BCUT2D eigenvalue weighted by atomic mass is 16.5. The molecule has 0 saturated carbocycles. The number of nitrogens with two attached hydrogens (primary N) is 1. The van der Waals surface area contributed by atoms with Gasteiger partial charge in [0, 0.05) is 17.7 Å². The molecule has 0 fully saturated rings. The molecule has 0 spiro atoms. The lowest BCUT2D eigenvalue weighted by atomic mass is 9.85. The van der Waals surface area contributed by atoms with Gasteiger partial charge in [-0.2, -0.15) is 0 Å². The number of hydrogen-bond acceptors (Lipinski definition) is 4. The van der Waals surface area contributed by atoms with Gasteiger partial charge in [-0.05, 0) is 12.1 Å². The zero-order valence-electron chi connectivity index (χ0n) is 11.7. The van der Waals surface area contributed by atoms with Crippen LogP contribution in [0.1, 0.15) is 11.1 Å². The van der Waals surface area contributed by atoms with Crippen molar-refractivity contribution in [1.82, 2.24) is 0 Å². The minimum Gasteiger partial charge on any atom is -0.496 e. The number of aliphatic hydroxyl groups is 1. The molecular weight excluding hydrogens is 254 g/mol. The van der Waals surface area contributed by atoms with E-state index in [-0.39, 0.29) is 6.54 Å². The van der Waals surface area contributed by atoms with E-state index in [4.69, 9.17) is 15.2 Å². The Morgan fingerprint density at radius 3 is 1.65 bits per heavy atom. The largest absolute Gasteiger partial charge is 0.496 e. The third-order valence-electron chi connectivity index (χ3n) is 3.40. The van der Waals surface area contributed by atoms with Crippen LogP contribution in [-0.2, 0) is 5.60 Å². The Hall–Kier alpha value is -2.04. The molecule has 0 atom stereocenters. The lowest BCUT2D eigenvalue weighted by molar-refractivity contribution is 0.0842. The Labute approximate surface area is 118 Å². The van der Waals surface area contributed by atoms with Gasteiger partial charge in [0.15, 0.2) is 0 Å². The minimum absolute atomic E-state index is 0.0216. The standard InChI is InChI=1S/C16H19NO3/c1-19-14-9-5-3-7-12(14)16(18,11-17)13-8-4-6-10-15(13)20-2/h3-10,18H,11,17H2,1-2H3. The third-order valence-corrected chi connectivity index (χ3v) is 3.40. The van der Waals surface area contributed by atoms with Crippen molar-refractivity contribution in [1.29, 1.82) is 0 Å². The highest BCUT2D eigenvalue weighted by Gasteiger charge is 2.35. The smallest absolute Gasteiger partial charge is 0.134 e. The van der Waals surface area contributed by atoms with Gasteiger partial charge in [-0.25, -0.2) is 0 Å². The van der Waals surface area contributed by atoms with E-state index in [1.807, 2.05) is 24.3 Å². The lowest BCUT2D eigenvalue weighted by Gasteiger charge is -2.30. The van der Waals surface area contributed by atoms with Crippen molar-refractivity contribution in [2.45, 2.75) is 5.60 Å². The fourth-order valence-electron chi connectivity index (χ4n) is 2.34. The van der Waals surface area contributed by atoms with Gasteiger partial charge < -0.3 is 20.3 Å². The molecule has 4 heteroatoms. The van der Waals surface area contributed by atoms with E-state index in [0.29, 0.717) is 22.6 Å². The van der Waals surface area contributed by atoms with E-state index in [1.165, 1.54) is 0 Å². The summed E-state index contributed by atoms with van der Waals surface area (Å²) in [6.45, 7) is 0.0216. The van der Waals surface area contributed by atoms with E-state index in [1.54, 1.807) is 38.5 Å². The fraction of sp³-hybridized carbons (Fsp3) is 0.250. The first-order valence-corrected chi connectivity index (χ1v) is 6.36. The summed E-state index contributed by atoms with van der Waals surface area (Å²) < 4.78 is 10.7. The Bertz CT molecular complexity index is 536. The summed E-state index contributed by atoms with van der Waals surface area (Å²) >= 11 is 0. The van der Waals surface area contributed by atoms with Crippen LogP contribution in [0.15, 0.2) is 48.5 Å². The second-order valence-corrected chi connectivity index (χ2v) is 4.46. The van der Waals surface area contributed by atoms with Crippen molar-refractivity contribution in [3.05, 3.63) is 59.7 Å². The van der Waals surface area contributed by atoms with Crippen LogP contribution in [0.5, 0.6) is 11.5 Å². The van der Waals surface area contributed by atoms with Crippen LogP contribution in [0.2, 0.25) is 0 Å². The highest BCUT2D eigenvalue weighted by molar-refractivity contribution is 5.49. The third kappa shape index (κ3) is 2.35. The topological polar surface area (TPSA) is 64.7 Å². The van der Waals surface area contributed by atoms with Crippen molar-refractivity contribution in [2.24, 2.45) is 5.73 Å². The van der Waals surface area contributed by atoms with Gasteiger partial charge in [0.25, 0.3) is 0 Å². The summed E-state index contributed by atoms with van der Waals surface area (Å²) in [5.41, 5.74) is 5.74. The Morgan fingerprint density at radius 2 is 1.30 bits per heavy atom. The van der Waals surface area contributed by atoms with E-state index >= 15 is 0 Å². The van der Waals surface area contributed by atoms with Crippen LogP contribution in [0.3, 0.4) is 0 Å². The molecule has 0 heterocycles. The average Bonchev–Trinajstić information content (AvgIpc) is 2.54. The van der Waals surface area contributed by atoms with Crippen LogP contribution in [0.25, 0.3) is 0 Å². The molecule has 0 aliphatic rings. The molecule has 3 N–H and O–H groups in total. The first-order chi connectivity index (χ1) is 9.67. The van der Waals surface area contributed by atoms with Crippen molar-refractivity contribution in [3.63, 3.8) is 0 Å². The number of ether oxygens (including phenoxy) is 2. The maximum Gasteiger partial charge on any atom is 0.134 e. The predicted octanol–water partition coefficient (Wildman–Crippen LogP) is 1.90.